The minimum absolute atomic E-state index is 0.400. The number of hydrogen-bond donors (Lipinski definition) is 2. The lowest BCUT2D eigenvalue weighted by Gasteiger charge is -2.28. The topological polar surface area (TPSA) is 61.4 Å². The number of hydrogen-bond acceptors (Lipinski definition) is 3. The summed E-state index contributed by atoms with van der Waals surface area (Å²) in [6.07, 6.45) is 5.49. The van der Waals surface area contributed by atoms with Crippen LogP contribution in [0.25, 0.3) is 0 Å². The van der Waals surface area contributed by atoms with Crippen molar-refractivity contribution in [2.45, 2.75) is 32.1 Å². The fraction of sp³-hybridized carbons (Fsp3) is 0.364. The predicted molar refractivity (Wildman–Crippen MR) is 114 cm³/mol. The van der Waals surface area contributed by atoms with Crippen LogP contribution in [-0.2, 0) is 16.0 Å². The van der Waals surface area contributed by atoms with E-state index in [1.165, 1.54) is 30.5 Å². The van der Waals surface area contributed by atoms with Gasteiger partial charge in [-0.05, 0) is 61.9 Å². The molecule has 0 atom stereocenters. The number of para-hydroxylation sites is 1. The van der Waals surface area contributed by atoms with Gasteiger partial charge in [0.05, 0.1) is 10.7 Å². The van der Waals surface area contributed by atoms with Gasteiger partial charge in [0.2, 0.25) is 0 Å². The average Bonchev–Trinajstić information content (AvgIpc) is 2.73. The second kappa shape index (κ2) is 10.1. The second-order valence-electron chi connectivity index (χ2n) is 7.01. The minimum Gasteiger partial charge on any atom is -0.372 e. The van der Waals surface area contributed by atoms with Crippen LogP contribution in [0, 0.1) is 0 Å². The summed E-state index contributed by atoms with van der Waals surface area (Å²) < 4.78 is 0. The van der Waals surface area contributed by atoms with Crippen LogP contribution < -0.4 is 15.5 Å². The first-order valence-electron chi connectivity index (χ1n) is 9.81. The molecule has 2 N–H and O–H groups in total. The largest absolute Gasteiger partial charge is 0.372 e. The van der Waals surface area contributed by atoms with Crippen molar-refractivity contribution in [3.8, 4) is 0 Å². The molecule has 3 rings (SSSR count). The van der Waals surface area contributed by atoms with Crippen molar-refractivity contribution in [2.24, 2.45) is 0 Å². The summed E-state index contributed by atoms with van der Waals surface area (Å²) in [6, 6.07) is 15.5. The van der Waals surface area contributed by atoms with E-state index in [1.54, 1.807) is 24.3 Å². The highest BCUT2D eigenvalue weighted by molar-refractivity contribution is 6.41. The van der Waals surface area contributed by atoms with E-state index < -0.39 is 11.8 Å². The molecular formula is C22H26ClN3O2. The van der Waals surface area contributed by atoms with Crippen molar-refractivity contribution in [1.82, 2.24) is 5.32 Å². The molecular weight excluding hydrogens is 374 g/mol. The van der Waals surface area contributed by atoms with E-state index in [-0.39, 0.29) is 0 Å². The quantitative estimate of drug-likeness (QED) is 0.569. The highest BCUT2D eigenvalue weighted by Crippen LogP contribution is 2.21. The van der Waals surface area contributed by atoms with E-state index >= 15 is 0 Å². The van der Waals surface area contributed by atoms with Crippen molar-refractivity contribution in [3.05, 3.63) is 59.1 Å². The Balaban J connectivity index is 1.38. The lowest BCUT2D eigenvalue weighted by atomic mass is 10.1. The standard InChI is InChI=1S/C22H26ClN3O2/c23-19-8-2-3-9-20(19)25-22(28)21(27)24-14-6-7-17-10-12-18(13-11-17)26-15-4-1-5-16-26/h2-3,8-13H,1,4-7,14-16H2,(H,24,27)(H,25,28). The Morgan fingerprint density at radius 3 is 2.36 bits per heavy atom. The van der Waals surface area contributed by atoms with Crippen molar-refractivity contribution < 1.29 is 9.59 Å². The molecule has 0 aliphatic carbocycles. The normalized spacial score (nSPS) is 13.8. The summed E-state index contributed by atoms with van der Waals surface area (Å²) in [5, 5.41) is 5.57. The highest BCUT2D eigenvalue weighted by atomic mass is 35.5. The molecule has 2 aromatic rings. The van der Waals surface area contributed by atoms with E-state index in [0.717, 1.165) is 25.9 Å². The maximum Gasteiger partial charge on any atom is 0.313 e. The van der Waals surface area contributed by atoms with Crippen LogP contribution in [0.2, 0.25) is 5.02 Å². The van der Waals surface area contributed by atoms with E-state index in [1.807, 2.05) is 0 Å². The molecule has 148 valence electrons. The van der Waals surface area contributed by atoms with Gasteiger partial charge < -0.3 is 15.5 Å². The molecule has 1 saturated heterocycles. The van der Waals surface area contributed by atoms with Gasteiger partial charge in [0.25, 0.3) is 0 Å². The summed E-state index contributed by atoms with van der Waals surface area (Å²) in [4.78, 5) is 26.3. The molecule has 1 aliphatic rings. The number of nitrogens with zero attached hydrogens (tertiary/aromatic N) is 1. The Morgan fingerprint density at radius 1 is 0.929 bits per heavy atom. The number of benzene rings is 2. The first-order chi connectivity index (χ1) is 13.6. The van der Waals surface area contributed by atoms with E-state index in [4.69, 9.17) is 11.6 Å². The molecule has 1 aliphatic heterocycles. The number of aryl methyl sites for hydroxylation is 1. The molecule has 0 aromatic heterocycles. The predicted octanol–water partition coefficient (Wildman–Crippen LogP) is 4.02. The first-order valence-corrected chi connectivity index (χ1v) is 10.2. The molecule has 0 unspecified atom stereocenters. The van der Waals surface area contributed by atoms with E-state index in [0.29, 0.717) is 17.3 Å². The van der Waals surface area contributed by atoms with Crippen molar-refractivity contribution >= 4 is 34.8 Å². The number of nitrogens with one attached hydrogen (secondary N) is 2. The van der Waals surface area contributed by atoms with Gasteiger partial charge >= 0.3 is 11.8 Å². The van der Waals surface area contributed by atoms with Gasteiger partial charge in [0, 0.05) is 25.3 Å². The maximum atomic E-state index is 11.9. The molecule has 5 nitrogen and oxygen atoms in total. The number of amides is 2. The highest BCUT2D eigenvalue weighted by Gasteiger charge is 2.14. The molecule has 6 heteroatoms. The number of carbonyl (C=O) groups excluding carboxylic acids is 2. The average molecular weight is 400 g/mol. The van der Waals surface area contributed by atoms with Gasteiger partial charge in [-0.2, -0.15) is 0 Å². The summed E-state index contributed by atoms with van der Waals surface area (Å²) in [6.45, 7) is 2.73. The maximum absolute atomic E-state index is 11.9. The van der Waals surface area contributed by atoms with Crippen LogP contribution in [0.4, 0.5) is 11.4 Å². The molecule has 0 saturated carbocycles. The van der Waals surface area contributed by atoms with Gasteiger partial charge in [-0.25, -0.2) is 0 Å². The fourth-order valence-electron chi connectivity index (χ4n) is 3.34. The van der Waals surface area contributed by atoms with Crippen molar-refractivity contribution in [2.75, 3.05) is 29.9 Å². The van der Waals surface area contributed by atoms with Crippen LogP contribution in [0.3, 0.4) is 0 Å². The van der Waals surface area contributed by atoms with Gasteiger partial charge in [-0.3, -0.25) is 9.59 Å². The first kappa shape index (κ1) is 20.2. The third-order valence-corrected chi connectivity index (χ3v) is 5.24. The second-order valence-corrected chi connectivity index (χ2v) is 7.41. The molecule has 0 spiro atoms. The smallest absolute Gasteiger partial charge is 0.313 e. The fourth-order valence-corrected chi connectivity index (χ4v) is 3.52. The van der Waals surface area contributed by atoms with Crippen LogP contribution in [-0.4, -0.2) is 31.4 Å². The van der Waals surface area contributed by atoms with Gasteiger partial charge in [-0.1, -0.05) is 35.9 Å². The SMILES string of the molecule is O=C(NCCCc1ccc(N2CCCCC2)cc1)C(=O)Nc1ccccc1Cl. The van der Waals surface area contributed by atoms with E-state index in [2.05, 4.69) is 39.8 Å². The number of halogens is 1. The lowest BCUT2D eigenvalue weighted by Crippen LogP contribution is -2.36. The number of carbonyl (C=O) groups is 2. The van der Waals surface area contributed by atoms with Gasteiger partial charge in [-0.15, -0.1) is 0 Å². The molecule has 1 fully saturated rings. The third-order valence-electron chi connectivity index (χ3n) is 4.91. The van der Waals surface area contributed by atoms with E-state index in [9.17, 15) is 9.59 Å². The summed E-state index contributed by atoms with van der Waals surface area (Å²) in [5.41, 5.74) is 2.95. The Labute approximate surface area is 171 Å². The monoisotopic (exact) mass is 399 g/mol. The molecule has 2 amide bonds. The minimum atomic E-state index is -0.709. The summed E-state index contributed by atoms with van der Waals surface area (Å²) in [5.74, 6) is -1.36. The number of rotatable bonds is 6. The zero-order chi connectivity index (χ0) is 19.8. The zero-order valence-corrected chi connectivity index (χ0v) is 16.7. The third kappa shape index (κ3) is 5.73. The van der Waals surface area contributed by atoms with Crippen molar-refractivity contribution in [1.29, 1.82) is 0 Å². The number of anilines is 2. The van der Waals surface area contributed by atoms with Crippen LogP contribution in [0.1, 0.15) is 31.2 Å². The van der Waals surface area contributed by atoms with Gasteiger partial charge in [0.1, 0.15) is 0 Å². The molecule has 28 heavy (non-hydrogen) atoms. The zero-order valence-electron chi connectivity index (χ0n) is 15.9. The Kier molecular flexibility index (Phi) is 7.31. The van der Waals surface area contributed by atoms with Crippen LogP contribution >= 0.6 is 11.6 Å². The lowest BCUT2D eigenvalue weighted by molar-refractivity contribution is -0.136. The molecule has 0 radical (unpaired) electrons. The Bertz CT molecular complexity index is 802. The molecule has 1 heterocycles. The molecule has 2 aromatic carbocycles. The Morgan fingerprint density at radius 2 is 1.64 bits per heavy atom. The van der Waals surface area contributed by atoms with Crippen molar-refractivity contribution in [3.63, 3.8) is 0 Å². The van der Waals surface area contributed by atoms with Crippen LogP contribution in [0.5, 0.6) is 0 Å². The van der Waals surface area contributed by atoms with Crippen LogP contribution in [0.15, 0.2) is 48.5 Å². The summed E-state index contributed by atoms with van der Waals surface area (Å²) >= 11 is 5.98. The number of piperidine rings is 1. The molecule has 0 bridgehead atoms. The summed E-state index contributed by atoms with van der Waals surface area (Å²) in [7, 11) is 0. The van der Waals surface area contributed by atoms with Gasteiger partial charge in [0.15, 0.2) is 0 Å². The Hall–Kier alpha value is -2.53.